The number of halogens is 1. The largest absolute Gasteiger partial charge is 0.509 e. The fourth-order valence-corrected chi connectivity index (χ4v) is 6.80. The number of carbonyl (C=O) groups is 1. The van der Waals surface area contributed by atoms with Crippen LogP contribution in [0.2, 0.25) is 5.02 Å². The van der Waals surface area contributed by atoms with Crippen LogP contribution in [-0.2, 0) is 32.3 Å². The Morgan fingerprint density at radius 2 is 2.14 bits per heavy atom. The first-order valence-electron chi connectivity index (χ1n) is 13.6. The predicted molar refractivity (Wildman–Crippen MR) is 148 cm³/mol. The summed E-state index contributed by atoms with van der Waals surface area (Å²) in [5.41, 5.74) is 6.11. The zero-order valence-electron chi connectivity index (χ0n) is 23.2. The van der Waals surface area contributed by atoms with Gasteiger partial charge in [0.25, 0.3) is 0 Å². The summed E-state index contributed by atoms with van der Waals surface area (Å²) in [6.07, 6.45) is -1.47. The molecule has 0 aliphatic carbocycles. The van der Waals surface area contributed by atoms with E-state index in [1.807, 2.05) is 6.07 Å². The van der Waals surface area contributed by atoms with Crippen LogP contribution in [0, 0.1) is 5.92 Å². The van der Waals surface area contributed by atoms with Crippen LogP contribution in [0.1, 0.15) is 51.5 Å². The van der Waals surface area contributed by atoms with E-state index in [1.165, 1.54) is 6.33 Å². The standard InChI is InChI=1S/C26H31ClN5O9P/c1-14(2)7-9-35-22-19-21(30-24(28)31-22)32(13-29-19)23-26(3)20(39-25(33)40-26)18(38-23)12-37-42(34)36-10-8-17(41-42)15-5-4-6-16(27)11-15/h4-6,11,13-14,17-18,20,23H,7-10,12H2,1-3H3,(H2,28,30,31)/t17-,18+,20+,23+,26+,42+/m0/s1. The maximum atomic E-state index is 13.4. The van der Waals surface area contributed by atoms with E-state index >= 15 is 0 Å². The highest BCUT2D eigenvalue weighted by Gasteiger charge is 2.64. The fraction of sp³-hybridized carbons (Fsp3) is 0.538. The van der Waals surface area contributed by atoms with Gasteiger partial charge < -0.3 is 24.7 Å². The van der Waals surface area contributed by atoms with Crippen molar-refractivity contribution in [2.24, 2.45) is 5.92 Å². The summed E-state index contributed by atoms with van der Waals surface area (Å²) in [5.74, 6) is 0.636. The molecule has 3 aromatic rings. The van der Waals surface area contributed by atoms with Crippen molar-refractivity contribution in [1.82, 2.24) is 19.5 Å². The number of hydrogen-bond donors (Lipinski definition) is 1. The second-order valence-corrected chi connectivity index (χ2v) is 12.9. The summed E-state index contributed by atoms with van der Waals surface area (Å²) in [4.78, 5) is 25.3. The fourth-order valence-electron chi connectivity index (χ4n) is 5.21. The number of imidazole rings is 1. The van der Waals surface area contributed by atoms with Gasteiger partial charge in [-0.1, -0.05) is 37.6 Å². The van der Waals surface area contributed by atoms with E-state index in [9.17, 15) is 9.36 Å². The Balaban J connectivity index is 1.22. The van der Waals surface area contributed by atoms with Gasteiger partial charge in [-0.3, -0.25) is 18.1 Å². The van der Waals surface area contributed by atoms with Crippen LogP contribution in [0.25, 0.3) is 11.2 Å². The van der Waals surface area contributed by atoms with Crippen molar-refractivity contribution in [2.75, 3.05) is 25.6 Å². The van der Waals surface area contributed by atoms with E-state index in [1.54, 1.807) is 29.7 Å². The van der Waals surface area contributed by atoms with E-state index in [2.05, 4.69) is 28.8 Å². The SMILES string of the molecule is CC(C)CCOc1nc(N)nc2c1ncn2[C@@H]1O[C@H](CO[P@@]2(=O)OCC[C@@H](c3cccc(Cl)c3)O2)[C@H]2OC(=O)O[C@]21C. The lowest BCUT2D eigenvalue weighted by molar-refractivity contribution is -0.0925. The zero-order chi connectivity index (χ0) is 29.6. The van der Waals surface area contributed by atoms with E-state index in [0.717, 1.165) is 12.0 Å². The third-order valence-corrected chi connectivity index (χ3v) is 9.03. The van der Waals surface area contributed by atoms with Gasteiger partial charge in [0.2, 0.25) is 11.8 Å². The molecule has 226 valence electrons. The Morgan fingerprint density at radius 3 is 2.93 bits per heavy atom. The van der Waals surface area contributed by atoms with Crippen molar-refractivity contribution in [3.8, 4) is 5.88 Å². The number of hydrogen-bond acceptors (Lipinski definition) is 13. The minimum absolute atomic E-state index is 0.0259. The molecule has 0 saturated carbocycles. The Hall–Kier alpha value is -3.00. The van der Waals surface area contributed by atoms with Crippen molar-refractivity contribution in [1.29, 1.82) is 0 Å². The molecule has 0 unspecified atom stereocenters. The molecule has 14 nitrogen and oxygen atoms in total. The lowest BCUT2D eigenvalue weighted by Crippen LogP contribution is -2.42. The average Bonchev–Trinajstić information content (AvgIpc) is 3.56. The van der Waals surface area contributed by atoms with Crippen molar-refractivity contribution in [2.45, 2.75) is 63.8 Å². The van der Waals surface area contributed by atoms with Crippen molar-refractivity contribution in [3.05, 3.63) is 41.2 Å². The number of anilines is 1. The highest BCUT2D eigenvalue weighted by atomic mass is 35.5. The van der Waals surface area contributed by atoms with Gasteiger partial charge in [-0.2, -0.15) is 9.97 Å². The molecule has 6 rings (SSSR count). The maximum Gasteiger partial charge on any atom is 0.509 e. The number of phosphoric acid groups is 1. The van der Waals surface area contributed by atoms with E-state index in [4.69, 9.17) is 49.9 Å². The number of benzene rings is 1. The van der Waals surface area contributed by atoms with Crippen LogP contribution in [0.3, 0.4) is 0 Å². The van der Waals surface area contributed by atoms with Crippen LogP contribution in [0.15, 0.2) is 30.6 Å². The molecule has 0 radical (unpaired) electrons. The molecule has 3 aliphatic heterocycles. The Kier molecular flexibility index (Phi) is 7.79. The van der Waals surface area contributed by atoms with Gasteiger partial charge in [0.1, 0.15) is 6.10 Å². The number of nitrogens with zero attached hydrogens (tertiary/aromatic N) is 4. The van der Waals surface area contributed by atoms with Gasteiger partial charge in [-0.15, -0.1) is 0 Å². The monoisotopic (exact) mass is 623 g/mol. The number of nitrogen functional groups attached to an aromatic ring is 1. The first-order valence-corrected chi connectivity index (χ1v) is 15.4. The molecule has 3 aliphatic rings. The minimum Gasteiger partial charge on any atom is -0.476 e. The van der Waals surface area contributed by atoms with Crippen molar-refractivity contribution < 1.29 is 41.9 Å². The quantitative estimate of drug-likeness (QED) is 0.250. The summed E-state index contributed by atoms with van der Waals surface area (Å²) in [7, 11) is -4.00. The van der Waals surface area contributed by atoms with Gasteiger partial charge in [0, 0.05) is 11.4 Å². The Morgan fingerprint density at radius 1 is 1.31 bits per heavy atom. The summed E-state index contributed by atoms with van der Waals surface area (Å²) in [5, 5.41) is 0.527. The van der Waals surface area contributed by atoms with Crippen molar-refractivity contribution in [3.63, 3.8) is 0 Å². The van der Waals surface area contributed by atoms with Gasteiger partial charge in [-0.25, -0.2) is 14.3 Å². The molecule has 42 heavy (non-hydrogen) atoms. The normalized spacial score (nSPS) is 30.8. The highest BCUT2D eigenvalue weighted by Crippen LogP contribution is 2.58. The second kappa shape index (κ2) is 11.3. The summed E-state index contributed by atoms with van der Waals surface area (Å²) in [6.45, 7) is 6.11. The molecular formula is C26H31ClN5O9P. The van der Waals surface area contributed by atoms with Crippen molar-refractivity contribution >= 4 is 42.7 Å². The van der Waals surface area contributed by atoms with Gasteiger partial charge in [0.15, 0.2) is 29.1 Å². The number of ether oxygens (including phenoxy) is 4. The molecule has 1 aromatic carbocycles. The number of carbonyl (C=O) groups excluding carboxylic acids is 1. The molecule has 0 amide bonds. The lowest BCUT2D eigenvalue weighted by atomic mass is 9.96. The van der Waals surface area contributed by atoms with Crippen LogP contribution in [-0.4, -0.2) is 63.3 Å². The van der Waals surface area contributed by atoms with E-state index in [0.29, 0.717) is 35.1 Å². The maximum absolute atomic E-state index is 13.4. The highest BCUT2D eigenvalue weighted by molar-refractivity contribution is 7.48. The molecule has 5 heterocycles. The van der Waals surface area contributed by atoms with E-state index in [-0.39, 0.29) is 25.0 Å². The lowest BCUT2D eigenvalue weighted by Gasteiger charge is -2.30. The van der Waals surface area contributed by atoms with Crippen LogP contribution >= 0.6 is 19.4 Å². The zero-order valence-corrected chi connectivity index (χ0v) is 24.8. The smallest absolute Gasteiger partial charge is 0.476 e. The topological polar surface area (TPSA) is 168 Å². The average molecular weight is 624 g/mol. The number of nitrogens with two attached hydrogens (primary N) is 1. The predicted octanol–water partition coefficient (Wildman–Crippen LogP) is 4.98. The van der Waals surface area contributed by atoms with Gasteiger partial charge in [0.05, 0.1) is 32.3 Å². The number of fused-ring (bicyclic) bond motifs is 2. The molecule has 0 spiro atoms. The van der Waals surface area contributed by atoms with Gasteiger partial charge >= 0.3 is 14.0 Å². The third kappa shape index (κ3) is 5.54. The molecule has 2 N–H and O–H groups in total. The molecule has 2 aromatic heterocycles. The van der Waals surface area contributed by atoms with Crippen LogP contribution < -0.4 is 10.5 Å². The summed E-state index contributed by atoms with van der Waals surface area (Å²) < 4.78 is 55.1. The second-order valence-electron chi connectivity index (χ2n) is 10.9. The minimum atomic E-state index is -4.00. The molecule has 6 atom stereocenters. The van der Waals surface area contributed by atoms with E-state index < -0.39 is 44.1 Å². The molecule has 3 saturated heterocycles. The third-order valence-electron chi connectivity index (χ3n) is 7.32. The summed E-state index contributed by atoms with van der Waals surface area (Å²) >= 11 is 6.12. The molecule has 3 fully saturated rings. The first-order chi connectivity index (χ1) is 20.0. The Bertz CT molecular complexity index is 1540. The van der Waals surface area contributed by atoms with Crippen LogP contribution in [0.5, 0.6) is 5.88 Å². The first kappa shape index (κ1) is 29.1. The number of phosphoric ester groups is 1. The molecule has 16 heteroatoms. The number of rotatable bonds is 9. The van der Waals surface area contributed by atoms with Gasteiger partial charge in [-0.05, 0) is 37.0 Å². The summed E-state index contributed by atoms with van der Waals surface area (Å²) in [6, 6.07) is 7.08. The number of aromatic nitrogens is 4. The van der Waals surface area contributed by atoms with Crippen LogP contribution in [0.4, 0.5) is 10.7 Å². The Labute approximate surface area is 246 Å². The molecule has 0 bridgehead atoms. The molecular weight excluding hydrogens is 593 g/mol.